The first-order valence-corrected chi connectivity index (χ1v) is 8.57. The number of alkyl halides is 1. The summed E-state index contributed by atoms with van der Waals surface area (Å²) in [5.41, 5.74) is 6.03. The smallest absolute Gasteiger partial charge is 0.329 e. The maximum Gasteiger partial charge on any atom is 0.329 e. The van der Waals surface area contributed by atoms with Crippen LogP contribution in [-0.2, 0) is 4.79 Å². The van der Waals surface area contributed by atoms with E-state index in [1.165, 1.54) is 0 Å². The fraction of sp³-hybridized carbons (Fsp3) is 0.0625. The second-order valence-corrected chi connectivity index (χ2v) is 6.24. The molecule has 2 aliphatic rings. The molecule has 0 unspecified atom stereocenters. The predicted molar refractivity (Wildman–Crippen MR) is 96.2 cm³/mol. The van der Waals surface area contributed by atoms with Gasteiger partial charge in [0.15, 0.2) is 5.70 Å². The molecule has 0 spiro atoms. The molecular weight excluding hydrogens is 396 g/mol. The van der Waals surface area contributed by atoms with Gasteiger partial charge in [0.2, 0.25) is 0 Å². The van der Waals surface area contributed by atoms with Crippen molar-refractivity contribution in [3.8, 4) is 0 Å². The summed E-state index contributed by atoms with van der Waals surface area (Å²) < 4.78 is 0. The lowest BCUT2D eigenvalue weighted by molar-refractivity contribution is -0.653. The molecule has 124 valence electrons. The van der Waals surface area contributed by atoms with E-state index in [2.05, 4.69) is 21.2 Å². The van der Waals surface area contributed by atoms with Gasteiger partial charge >= 0.3 is 5.91 Å². The summed E-state index contributed by atoms with van der Waals surface area (Å²) in [5, 5.41) is 8.11. The zero-order chi connectivity index (χ0) is 16.0. The summed E-state index contributed by atoms with van der Waals surface area (Å²) in [7, 11) is 0. The number of nitrogens with zero attached hydrogens (tertiary/aromatic N) is 2. The molecular formula is C16H14BrClN4O2. The topological polar surface area (TPSA) is 82.2 Å². The Morgan fingerprint density at radius 3 is 2.50 bits per heavy atom. The quantitative estimate of drug-likeness (QED) is 0.453. The van der Waals surface area contributed by atoms with E-state index < -0.39 is 0 Å². The lowest BCUT2D eigenvalue weighted by atomic mass is 10.1. The summed E-state index contributed by atoms with van der Waals surface area (Å²) in [4.78, 5) is 12.9. The number of halogens is 2. The van der Waals surface area contributed by atoms with Gasteiger partial charge in [0, 0.05) is 10.4 Å². The fourth-order valence-electron chi connectivity index (χ4n) is 2.79. The normalized spacial score (nSPS) is 15.7. The van der Waals surface area contributed by atoms with Crippen LogP contribution in [-0.4, -0.2) is 16.7 Å². The molecule has 24 heavy (non-hydrogen) atoms. The van der Waals surface area contributed by atoms with E-state index in [4.69, 9.17) is 11.6 Å². The Morgan fingerprint density at radius 1 is 1.08 bits per heavy atom. The minimum absolute atomic E-state index is 0. The molecule has 0 atom stereocenters. The van der Waals surface area contributed by atoms with Gasteiger partial charge < -0.3 is 10.8 Å². The van der Waals surface area contributed by atoms with Crippen LogP contribution in [0.5, 0.6) is 0 Å². The molecule has 0 saturated carbocycles. The highest BCUT2D eigenvalue weighted by Gasteiger charge is 2.44. The van der Waals surface area contributed by atoms with Crippen molar-refractivity contribution in [2.24, 2.45) is 0 Å². The first kappa shape index (κ1) is 16.8. The zero-order valence-electron chi connectivity index (χ0n) is 12.4. The first-order valence-electron chi connectivity index (χ1n) is 7.07. The number of anilines is 3. The number of nitrogens with one attached hydrogen (secondary N) is 1. The number of hydrogen-bond acceptors (Lipinski definition) is 4. The van der Waals surface area contributed by atoms with E-state index in [-0.39, 0.29) is 11.4 Å². The molecule has 8 heteroatoms. The molecule has 1 saturated heterocycles. The molecule has 0 radical (unpaired) electrons. The summed E-state index contributed by atoms with van der Waals surface area (Å²) in [5.74, 6) is -0.0659. The minimum Gasteiger partial charge on any atom is -0.870 e. The summed E-state index contributed by atoms with van der Waals surface area (Å²) in [6, 6.07) is 15.1. The number of hydrogen-bond donors (Lipinski definition) is 2. The van der Waals surface area contributed by atoms with Gasteiger partial charge in [0.1, 0.15) is 11.4 Å². The van der Waals surface area contributed by atoms with Crippen LogP contribution in [0, 0.1) is 0 Å². The highest BCUT2D eigenvalue weighted by Crippen LogP contribution is 2.35. The number of rotatable bonds is 2. The second kappa shape index (κ2) is 6.45. The van der Waals surface area contributed by atoms with Gasteiger partial charge in [-0.1, -0.05) is 39.7 Å². The van der Waals surface area contributed by atoms with Crippen molar-refractivity contribution in [1.82, 2.24) is 0 Å². The largest absolute Gasteiger partial charge is 0.870 e. The van der Waals surface area contributed by atoms with Crippen LogP contribution < -0.4 is 20.9 Å². The number of carbonyl (C=O) groups is 1. The monoisotopic (exact) mass is 408 g/mol. The number of quaternary nitrogens is 1. The molecule has 2 aliphatic heterocycles. The van der Waals surface area contributed by atoms with Crippen molar-refractivity contribution in [2.45, 2.75) is 0 Å². The predicted octanol–water partition coefficient (Wildman–Crippen LogP) is 2.44. The number of allylic oxidation sites excluding steroid dienone is 1. The van der Waals surface area contributed by atoms with Crippen LogP contribution in [0.3, 0.4) is 0 Å². The molecule has 6 nitrogen and oxygen atoms in total. The van der Waals surface area contributed by atoms with Gasteiger partial charge in [-0.2, -0.15) is 5.01 Å². The van der Waals surface area contributed by atoms with E-state index in [1.54, 1.807) is 17.1 Å². The Hall–Kier alpha value is -2.06. The number of carbonyl (C=O) groups excluding carboxylic acids is 1. The second-order valence-electron chi connectivity index (χ2n) is 5.24. The number of nitrogens with two attached hydrogens (primary N) is 1. The van der Waals surface area contributed by atoms with Gasteiger partial charge in [-0.25, -0.2) is 0 Å². The summed E-state index contributed by atoms with van der Waals surface area (Å²) in [6.45, 7) is 0. The van der Waals surface area contributed by atoms with E-state index in [9.17, 15) is 4.79 Å². The fourth-order valence-corrected chi connectivity index (χ4v) is 3.33. The van der Waals surface area contributed by atoms with Crippen LogP contribution in [0.4, 0.5) is 17.1 Å². The van der Waals surface area contributed by atoms with Crippen molar-refractivity contribution in [3.63, 3.8) is 0 Å². The Labute approximate surface area is 152 Å². The third kappa shape index (κ3) is 2.55. The molecule has 2 aromatic rings. The van der Waals surface area contributed by atoms with Crippen LogP contribution in [0.25, 0.3) is 0 Å². The number of fused-ring (bicyclic) bond motifs is 3. The molecule has 4 rings (SSSR count). The number of benzene rings is 2. The van der Waals surface area contributed by atoms with Gasteiger partial charge in [-0.15, -0.1) is 10.5 Å². The Bertz CT molecular complexity index is 825. The van der Waals surface area contributed by atoms with E-state index in [1.807, 2.05) is 46.9 Å². The Morgan fingerprint density at radius 2 is 1.79 bits per heavy atom. The molecule has 1 fully saturated rings. The summed E-state index contributed by atoms with van der Waals surface area (Å²) >= 11 is 9.40. The highest BCUT2D eigenvalue weighted by molar-refractivity contribution is 9.09. The molecule has 2 heterocycles. The van der Waals surface area contributed by atoms with Gasteiger partial charge in [-0.3, -0.25) is 4.79 Å². The van der Waals surface area contributed by atoms with Crippen molar-refractivity contribution >= 4 is 50.5 Å². The van der Waals surface area contributed by atoms with Crippen molar-refractivity contribution in [3.05, 3.63) is 64.9 Å². The number of amides is 1. The first-order chi connectivity index (χ1) is 11.2. The van der Waals surface area contributed by atoms with E-state index >= 15 is 0 Å². The molecule has 2 aromatic carbocycles. The van der Waals surface area contributed by atoms with Crippen LogP contribution in [0.1, 0.15) is 0 Å². The van der Waals surface area contributed by atoms with Gasteiger partial charge in [0.05, 0.1) is 11.4 Å². The maximum atomic E-state index is 12.9. The Balaban J connectivity index is 0.00000169. The standard InChI is InChI=1S/C16H12BrClN4O.H2O/c17-9-13-15-16(23)21(11-7-5-10(18)6-8-11)20-22(15)14-4-2-1-3-12(14)19-13;/h1-8,19-20H,9H2;1H2. The average Bonchev–Trinajstić information content (AvgIpc) is 2.93. The molecule has 0 aromatic heterocycles. The van der Waals surface area contributed by atoms with Crippen molar-refractivity contribution < 1.29 is 15.8 Å². The molecule has 4 N–H and O–H groups in total. The molecule has 0 aliphatic carbocycles. The minimum atomic E-state index is -0.0659. The number of para-hydroxylation sites is 2. The van der Waals surface area contributed by atoms with E-state index in [0.29, 0.717) is 16.0 Å². The Kier molecular flexibility index (Phi) is 4.51. The average molecular weight is 410 g/mol. The van der Waals surface area contributed by atoms with Crippen molar-refractivity contribution in [2.75, 3.05) is 20.7 Å². The van der Waals surface area contributed by atoms with Crippen LogP contribution >= 0.6 is 27.5 Å². The third-order valence-corrected chi connectivity index (χ3v) is 4.68. The highest BCUT2D eigenvalue weighted by atomic mass is 79.9. The van der Waals surface area contributed by atoms with Crippen molar-refractivity contribution in [1.29, 1.82) is 0 Å². The third-order valence-electron chi connectivity index (χ3n) is 3.87. The van der Waals surface area contributed by atoms with Crippen LogP contribution in [0.2, 0.25) is 5.02 Å². The van der Waals surface area contributed by atoms with Gasteiger partial charge in [0.25, 0.3) is 0 Å². The van der Waals surface area contributed by atoms with E-state index in [0.717, 1.165) is 22.8 Å². The lowest BCUT2D eigenvalue weighted by Crippen LogP contribution is -2.98. The summed E-state index contributed by atoms with van der Waals surface area (Å²) in [6.07, 6.45) is 0. The van der Waals surface area contributed by atoms with Gasteiger partial charge in [-0.05, 0) is 36.4 Å². The zero-order valence-corrected chi connectivity index (χ0v) is 14.8. The SMILES string of the molecule is O=C1C2=C(CBr)Nc3ccccc3N2[NH2+]N1c1ccc(Cl)cc1.[OH-]. The molecule has 1 amide bonds. The lowest BCUT2D eigenvalue weighted by Gasteiger charge is -2.25. The molecule has 0 bridgehead atoms. The maximum absolute atomic E-state index is 12.9. The van der Waals surface area contributed by atoms with Crippen LogP contribution in [0.15, 0.2) is 59.9 Å².